The average Bonchev–Trinajstić information content (AvgIpc) is 3.36. The summed E-state index contributed by atoms with van der Waals surface area (Å²) in [6.07, 6.45) is 3.96. The second-order valence-electron chi connectivity index (χ2n) is 7.65. The Hall–Kier alpha value is -2.83. The number of rotatable bonds is 4. The van der Waals surface area contributed by atoms with Gasteiger partial charge in [0.1, 0.15) is 11.6 Å². The first-order valence-corrected chi connectivity index (χ1v) is 9.65. The van der Waals surface area contributed by atoms with Gasteiger partial charge < -0.3 is 19.5 Å². The minimum absolute atomic E-state index is 0.101. The van der Waals surface area contributed by atoms with Crippen LogP contribution in [0.25, 0.3) is 0 Å². The molecule has 2 aromatic rings. The van der Waals surface area contributed by atoms with Gasteiger partial charge in [0.25, 0.3) is 0 Å². The Morgan fingerprint density at radius 1 is 1.18 bits per heavy atom. The molecule has 28 heavy (non-hydrogen) atoms. The van der Waals surface area contributed by atoms with E-state index in [2.05, 4.69) is 5.32 Å². The quantitative estimate of drug-likeness (QED) is 0.879. The van der Waals surface area contributed by atoms with Crippen molar-refractivity contribution in [1.82, 2.24) is 15.1 Å². The molecule has 3 amide bonds. The number of halogens is 1. The highest BCUT2D eigenvalue weighted by atomic mass is 19.1. The summed E-state index contributed by atoms with van der Waals surface area (Å²) in [6, 6.07) is 9.68. The first-order chi connectivity index (χ1) is 13.6. The lowest BCUT2D eigenvalue weighted by Gasteiger charge is -2.39. The highest BCUT2D eigenvalue weighted by Gasteiger charge is 2.49. The Bertz CT molecular complexity index is 837. The van der Waals surface area contributed by atoms with Crippen molar-refractivity contribution in [2.24, 2.45) is 5.41 Å². The normalized spacial score (nSPS) is 22.1. The highest BCUT2D eigenvalue weighted by molar-refractivity contribution is 5.85. The zero-order valence-electron chi connectivity index (χ0n) is 15.7. The molecule has 6 nitrogen and oxygen atoms in total. The van der Waals surface area contributed by atoms with Crippen LogP contribution in [0.15, 0.2) is 47.1 Å². The van der Waals surface area contributed by atoms with Crippen molar-refractivity contribution >= 4 is 11.9 Å². The molecule has 4 rings (SSSR count). The maximum absolute atomic E-state index is 13.2. The molecule has 1 atom stereocenters. The Balaban J connectivity index is 1.38. The van der Waals surface area contributed by atoms with E-state index in [-0.39, 0.29) is 17.8 Å². The van der Waals surface area contributed by atoms with Crippen molar-refractivity contribution in [2.45, 2.75) is 32.4 Å². The Labute approximate surface area is 163 Å². The molecule has 0 saturated carbocycles. The molecular weight excluding hydrogens is 361 g/mol. The van der Waals surface area contributed by atoms with Crippen LogP contribution < -0.4 is 5.32 Å². The van der Waals surface area contributed by atoms with E-state index in [0.29, 0.717) is 44.9 Å². The first-order valence-electron chi connectivity index (χ1n) is 9.65. The number of carbonyl (C=O) groups is 2. The molecule has 148 valence electrons. The molecule has 1 aromatic heterocycles. The fraction of sp³-hybridized carbons (Fsp3) is 0.429. The SMILES string of the molecule is O=C(NCc1ccco1)N1CC[C@]2(CCCN(Cc3ccc(F)cc3)C2=O)C1. The number of hydrogen-bond acceptors (Lipinski definition) is 3. The summed E-state index contributed by atoms with van der Waals surface area (Å²) in [5.41, 5.74) is 0.415. The third-order valence-corrected chi connectivity index (χ3v) is 5.75. The molecule has 0 radical (unpaired) electrons. The van der Waals surface area contributed by atoms with Crippen molar-refractivity contribution in [3.63, 3.8) is 0 Å². The fourth-order valence-electron chi connectivity index (χ4n) is 4.23. The Kier molecular flexibility index (Phi) is 5.07. The van der Waals surface area contributed by atoms with Gasteiger partial charge in [-0.1, -0.05) is 12.1 Å². The van der Waals surface area contributed by atoms with E-state index in [1.165, 1.54) is 12.1 Å². The average molecular weight is 385 g/mol. The van der Waals surface area contributed by atoms with Gasteiger partial charge in [0.05, 0.1) is 18.2 Å². The predicted molar refractivity (Wildman–Crippen MR) is 101 cm³/mol. The number of furan rings is 1. The van der Waals surface area contributed by atoms with Crippen LogP contribution >= 0.6 is 0 Å². The standard InChI is InChI=1S/C21H24FN3O3/c22-17-6-4-16(5-7-17)14-24-10-2-8-21(19(24)26)9-11-25(15-21)20(27)23-13-18-3-1-12-28-18/h1,3-7,12H,2,8-11,13-15H2,(H,23,27)/t21-/m1/s1. The van der Waals surface area contributed by atoms with Gasteiger partial charge in [0.15, 0.2) is 0 Å². The van der Waals surface area contributed by atoms with Crippen LogP contribution in [0.2, 0.25) is 0 Å². The number of hydrogen-bond donors (Lipinski definition) is 1. The van der Waals surface area contributed by atoms with Gasteiger partial charge >= 0.3 is 6.03 Å². The second kappa shape index (κ2) is 7.66. The summed E-state index contributed by atoms with van der Waals surface area (Å²) < 4.78 is 18.4. The van der Waals surface area contributed by atoms with Gasteiger partial charge in [-0.15, -0.1) is 0 Å². The van der Waals surface area contributed by atoms with Gasteiger partial charge in [-0.05, 0) is 49.1 Å². The number of nitrogens with zero attached hydrogens (tertiary/aromatic N) is 2. The third kappa shape index (κ3) is 3.74. The van der Waals surface area contributed by atoms with E-state index >= 15 is 0 Å². The first kappa shape index (κ1) is 18.5. The molecule has 3 heterocycles. The summed E-state index contributed by atoms with van der Waals surface area (Å²) in [5, 5.41) is 2.85. The Morgan fingerprint density at radius 2 is 2.00 bits per heavy atom. The topological polar surface area (TPSA) is 65.8 Å². The van der Waals surface area contributed by atoms with E-state index < -0.39 is 5.41 Å². The molecule has 2 aliphatic rings. The molecule has 0 unspecified atom stereocenters. The lowest BCUT2D eigenvalue weighted by Crippen LogP contribution is -2.50. The van der Waals surface area contributed by atoms with E-state index in [9.17, 15) is 14.0 Å². The van der Waals surface area contributed by atoms with E-state index in [0.717, 1.165) is 18.4 Å². The summed E-state index contributed by atoms with van der Waals surface area (Å²) >= 11 is 0. The minimum Gasteiger partial charge on any atom is -0.467 e. The van der Waals surface area contributed by atoms with Gasteiger partial charge in [-0.3, -0.25) is 4.79 Å². The number of amides is 3. The van der Waals surface area contributed by atoms with Crippen molar-refractivity contribution < 1.29 is 18.4 Å². The number of benzene rings is 1. The maximum Gasteiger partial charge on any atom is 0.317 e. The third-order valence-electron chi connectivity index (χ3n) is 5.75. The molecule has 0 bridgehead atoms. The fourth-order valence-corrected chi connectivity index (χ4v) is 4.23. The predicted octanol–water partition coefficient (Wildman–Crippen LogP) is 3.14. The van der Waals surface area contributed by atoms with Crippen molar-refractivity contribution in [2.75, 3.05) is 19.6 Å². The lowest BCUT2D eigenvalue weighted by atomic mass is 9.78. The molecule has 0 aliphatic carbocycles. The summed E-state index contributed by atoms with van der Waals surface area (Å²) in [4.78, 5) is 29.3. The van der Waals surface area contributed by atoms with E-state index in [4.69, 9.17) is 4.42 Å². The van der Waals surface area contributed by atoms with Crippen molar-refractivity contribution in [3.8, 4) is 0 Å². The molecule has 2 aliphatic heterocycles. The smallest absolute Gasteiger partial charge is 0.317 e. The second-order valence-corrected chi connectivity index (χ2v) is 7.65. The molecule has 2 saturated heterocycles. The van der Waals surface area contributed by atoms with Gasteiger partial charge in [0.2, 0.25) is 5.91 Å². The number of nitrogens with one attached hydrogen (secondary N) is 1. The van der Waals surface area contributed by atoms with E-state index in [1.807, 2.05) is 11.0 Å². The lowest BCUT2D eigenvalue weighted by molar-refractivity contribution is -0.146. The minimum atomic E-state index is -0.500. The van der Waals surface area contributed by atoms with Crippen LogP contribution in [0, 0.1) is 11.2 Å². The summed E-state index contributed by atoms with van der Waals surface area (Å²) in [7, 11) is 0. The summed E-state index contributed by atoms with van der Waals surface area (Å²) in [6.45, 7) is 2.52. The molecule has 7 heteroatoms. The van der Waals surface area contributed by atoms with Crippen LogP contribution in [0.4, 0.5) is 9.18 Å². The van der Waals surface area contributed by atoms with Crippen LogP contribution in [-0.4, -0.2) is 41.4 Å². The zero-order valence-corrected chi connectivity index (χ0v) is 15.7. The van der Waals surface area contributed by atoms with Crippen molar-refractivity contribution in [1.29, 1.82) is 0 Å². The van der Waals surface area contributed by atoms with E-state index in [1.54, 1.807) is 29.4 Å². The summed E-state index contributed by atoms with van der Waals surface area (Å²) in [5.74, 6) is 0.517. The number of urea groups is 1. The highest BCUT2D eigenvalue weighted by Crippen LogP contribution is 2.40. The van der Waals surface area contributed by atoms with Crippen LogP contribution in [0.1, 0.15) is 30.6 Å². The largest absolute Gasteiger partial charge is 0.467 e. The molecular formula is C21H24FN3O3. The zero-order chi connectivity index (χ0) is 19.6. The maximum atomic E-state index is 13.2. The molecule has 1 aromatic carbocycles. The van der Waals surface area contributed by atoms with Crippen LogP contribution in [-0.2, 0) is 17.9 Å². The number of likely N-dealkylation sites (tertiary alicyclic amines) is 2. The monoisotopic (exact) mass is 385 g/mol. The van der Waals surface area contributed by atoms with Gasteiger partial charge in [-0.2, -0.15) is 0 Å². The van der Waals surface area contributed by atoms with Crippen LogP contribution in [0.5, 0.6) is 0 Å². The van der Waals surface area contributed by atoms with Crippen molar-refractivity contribution in [3.05, 3.63) is 59.8 Å². The Morgan fingerprint density at radius 3 is 2.75 bits per heavy atom. The van der Waals surface area contributed by atoms with Gasteiger partial charge in [-0.25, -0.2) is 9.18 Å². The molecule has 1 N–H and O–H groups in total. The van der Waals surface area contributed by atoms with Gasteiger partial charge in [0, 0.05) is 26.2 Å². The number of piperidine rings is 1. The van der Waals surface area contributed by atoms with Crippen LogP contribution in [0.3, 0.4) is 0 Å². The molecule has 2 fully saturated rings. The number of carbonyl (C=O) groups excluding carboxylic acids is 2. The molecule has 1 spiro atoms.